The summed E-state index contributed by atoms with van der Waals surface area (Å²) in [5, 5.41) is 4.60. The minimum atomic E-state index is -0.834. The third-order valence-corrected chi connectivity index (χ3v) is 7.23. The number of nitrogens with zero attached hydrogens (tertiary/aromatic N) is 4. The number of carbonyl (C=O) groups is 2. The predicted molar refractivity (Wildman–Crippen MR) is 133 cm³/mol. The minimum Gasteiger partial charge on any atom is -0.444 e. The van der Waals surface area contributed by atoms with Gasteiger partial charge in [-0.3, -0.25) is 9.78 Å². The number of ketones is 1. The number of aromatic nitrogens is 3. The van der Waals surface area contributed by atoms with E-state index in [0.29, 0.717) is 31.5 Å². The van der Waals surface area contributed by atoms with Crippen LogP contribution in [0.1, 0.15) is 54.5 Å². The Hall–Kier alpha value is -3.55. The molecule has 0 N–H and O–H groups in total. The van der Waals surface area contributed by atoms with Crippen LogP contribution in [0.5, 0.6) is 0 Å². The Kier molecular flexibility index (Phi) is 5.93. The Bertz CT molecular complexity index is 1310. The smallest absolute Gasteiger partial charge is 0.410 e. The second-order valence-corrected chi connectivity index (χ2v) is 11.0. The number of fused-ring (bicyclic) bond motifs is 2. The molecular weight excluding hydrogens is 459 g/mol. The van der Waals surface area contributed by atoms with Crippen molar-refractivity contribution in [3.05, 3.63) is 77.1 Å². The zero-order valence-electron chi connectivity index (χ0n) is 21.1. The van der Waals surface area contributed by atoms with Gasteiger partial charge >= 0.3 is 6.09 Å². The largest absolute Gasteiger partial charge is 0.444 e. The van der Waals surface area contributed by atoms with Gasteiger partial charge in [-0.1, -0.05) is 0 Å². The van der Waals surface area contributed by atoms with Gasteiger partial charge in [0.05, 0.1) is 17.3 Å². The minimum absolute atomic E-state index is 0.00519. The van der Waals surface area contributed by atoms with Crippen molar-refractivity contribution in [2.24, 2.45) is 11.3 Å². The number of rotatable bonds is 3. The molecule has 0 radical (unpaired) electrons. The third-order valence-electron chi connectivity index (χ3n) is 7.23. The topological polar surface area (TPSA) is 77.3 Å². The van der Waals surface area contributed by atoms with Gasteiger partial charge in [0.15, 0.2) is 5.78 Å². The Balaban J connectivity index is 1.55. The lowest BCUT2D eigenvalue weighted by atomic mass is 9.60. The molecule has 8 heteroatoms. The van der Waals surface area contributed by atoms with E-state index in [0.717, 1.165) is 22.5 Å². The molecule has 0 spiro atoms. The van der Waals surface area contributed by atoms with Gasteiger partial charge < -0.3 is 9.64 Å². The summed E-state index contributed by atoms with van der Waals surface area (Å²) in [6.45, 7) is 8.23. The van der Waals surface area contributed by atoms with Gasteiger partial charge in [0, 0.05) is 25.0 Å². The molecule has 3 heterocycles. The number of hydrogen-bond donors (Lipinski definition) is 0. The van der Waals surface area contributed by atoms with E-state index < -0.39 is 17.1 Å². The molecule has 1 amide bonds. The molecule has 1 aromatic carbocycles. The van der Waals surface area contributed by atoms with Gasteiger partial charge in [0.1, 0.15) is 17.1 Å². The van der Waals surface area contributed by atoms with Crippen LogP contribution in [0.15, 0.2) is 48.8 Å². The molecule has 0 saturated carbocycles. The lowest BCUT2D eigenvalue weighted by Gasteiger charge is -2.49. The number of ether oxygens (including phenoxy) is 1. The van der Waals surface area contributed by atoms with Crippen LogP contribution in [0.25, 0.3) is 5.69 Å². The quantitative estimate of drug-likeness (QED) is 0.486. The molecule has 1 unspecified atom stereocenters. The maximum atomic E-state index is 14.2. The number of amides is 1. The van der Waals surface area contributed by atoms with E-state index in [1.807, 2.05) is 44.5 Å². The van der Waals surface area contributed by atoms with E-state index in [-0.39, 0.29) is 24.1 Å². The Morgan fingerprint density at radius 3 is 2.61 bits per heavy atom. The van der Waals surface area contributed by atoms with Crippen LogP contribution in [-0.2, 0) is 17.6 Å². The molecule has 1 aliphatic heterocycles. The molecule has 5 rings (SSSR count). The molecule has 36 heavy (non-hydrogen) atoms. The second kappa shape index (κ2) is 8.84. The van der Waals surface area contributed by atoms with Crippen LogP contribution >= 0.6 is 0 Å². The summed E-state index contributed by atoms with van der Waals surface area (Å²) in [6.07, 6.45) is 4.78. The Morgan fingerprint density at radius 2 is 1.92 bits per heavy atom. The number of pyridine rings is 1. The Labute approximate surface area is 210 Å². The van der Waals surface area contributed by atoms with Crippen LogP contribution in [0, 0.1) is 24.1 Å². The van der Waals surface area contributed by atoms with Crippen molar-refractivity contribution in [2.45, 2.75) is 52.6 Å². The number of benzene rings is 1. The number of aryl methyl sites for hydroxylation is 1. The third kappa shape index (κ3) is 4.40. The SMILES string of the molecule is Cc1ccnc(C(=O)[C@]23Cc4cnn(-c5ccc(F)cc5)c4CC2CCN(C(=O)OC(C)(C)C)C3)c1. The summed E-state index contributed by atoms with van der Waals surface area (Å²) in [6, 6.07) is 9.93. The van der Waals surface area contributed by atoms with Gasteiger partial charge in [-0.25, -0.2) is 13.9 Å². The molecule has 2 aromatic heterocycles. The molecule has 7 nitrogen and oxygen atoms in total. The van der Waals surface area contributed by atoms with Gasteiger partial charge in [0.25, 0.3) is 0 Å². The first-order valence-corrected chi connectivity index (χ1v) is 12.3. The second-order valence-electron chi connectivity index (χ2n) is 11.0. The number of piperidine rings is 1. The molecule has 2 aliphatic rings. The fourth-order valence-corrected chi connectivity index (χ4v) is 5.52. The van der Waals surface area contributed by atoms with Crippen molar-refractivity contribution in [1.82, 2.24) is 19.7 Å². The molecule has 1 saturated heterocycles. The van der Waals surface area contributed by atoms with Crippen molar-refractivity contribution in [3.63, 3.8) is 0 Å². The number of halogens is 1. The molecule has 3 aromatic rings. The fraction of sp³-hybridized carbons (Fsp3) is 0.429. The van der Waals surface area contributed by atoms with Crippen molar-refractivity contribution in [3.8, 4) is 5.69 Å². The van der Waals surface area contributed by atoms with Gasteiger partial charge in [-0.2, -0.15) is 5.10 Å². The van der Waals surface area contributed by atoms with Crippen LogP contribution in [0.2, 0.25) is 0 Å². The average molecular weight is 491 g/mol. The molecular formula is C28H31FN4O3. The molecule has 1 aliphatic carbocycles. The van der Waals surface area contributed by atoms with E-state index in [1.165, 1.54) is 12.1 Å². The Morgan fingerprint density at radius 1 is 1.17 bits per heavy atom. The van der Waals surface area contributed by atoms with Gasteiger partial charge in [-0.05, 0) is 100 Å². The van der Waals surface area contributed by atoms with Gasteiger partial charge in [0.2, 0.25) is 0 Å². The summed E-state index contributed by atoms with van der Waals surface area (Å²) >= 11 is 0. The van der Waals surface area contributed by atoms with E-state index >= 15 is 0 Å². The fourth-order valence-electron chi connectivity index (χ4n) is 5.52. The van der Waals surface area contributed by atoms with Crippen LogP contribution in [0.3, 0.4) is 0 Å². The van der Waals surface area contributed by atoms with Crippen molar-refractivity contribution < 1.29 is 18.7 Å². The summed E-state index contributed by atoms with van der Waals surface area (Å²) in [4.78, 5) is 33.3. The lowest BCUT2D eigenvalue weighted by molar-refractivity contribution is -0.0105. The van der Waals surface area contributed by atoms with E-state index in [1.54, 1.807) is 29.4 Å². The normalized spacial score (nSPS) is 21.5. The number of likely N-dealkylation sites (tertiary alicyclic amines) is 1. The summed E-state index contributed by atoms with van der Waals surface area (Å²) in [5.41, 5.74) is 2.68. The van der Waals surface area contributed by atoms with Crippen molar-refractivity contribution in [1.29, 1.82) is 0 Å². The number of Topliss-reactive ketones (excluding diaryl/α,β-unsaturated/α-hetero) is 1. The van der Waals surface area contributed by atoms with E-state index in [2.05, 4.69) is 10.1 Å². The highest BCUT2D eigenvalue weighted by molar-refractivity contribution is 6.00. The average Bonchev–Trinajstić information content (AvgIpc) is 3.23. The predicted octanol–water partition coefficient (Wildman–Crippen LogP) is 4.94. The van der Waals surface area contributed by atoms with Crippen molar-refractivity contribution >= 4 is 11.9 Å². The summed E-state index contributed by atoms with van der Waals surface area (Å²) < 4.78 is 21.0. The summed E-state index contributed by atoms with van der Waals surface area (Å²) in [5.74, 6) is -0.358. The number of hydrogen-bond acceptors (Lipinski definition) is 5. The highest BCUT2D eigenvalue weighted by Crippen LogP contribution is 2.47. The maximum absolute atomic E-state index is 14.2. The highest BCUT2D eigenvalue weighted by atomic mass is 19.1. The van der Waals surface area contributed by atoms with Crippen LogP contribution in [-0.4, -0.2) is 50.2 Å². The first-order valence-electron chi connectivity index (χ1n) is 12.3. The molecule has 2 atom stereocenters. The van der Waals surface area contributed by atoms with E-state index in [9.17, 15) is 14.0 Å². The highest BCUT2D eigenvalue weighted by Gasteiger charge is 2.54. The monoisotopic (exact) mass is 490 g/mol. The van der Waals surface area contributed by atoms with Crippen LogP contribution < -0.4 is 0 Å². The zero-order chi connectivity index (χ0) is 25.7. The first-order chi connectivity index (χ1) is 17.1. The maximum Gasteiger partial charge on any atom is 0.410 e. The van der Waals surface area contributed by atoms with Crippen LogP contribution in [0.4, 0.5) is 9.18 Å². The van der Waals surface area contributed by atoms with E-state index in [4.69, 9.17) is 4.74 Å². The standard InChI is InChI=1S/C28H31FN4O3/c1-18-9-11-30-23(13-18)25(34)28-15-19-16-31-33(22-7-5-21(29)6-8-22)24(19)14-20(28)10-12-32(17-28)26(35)36-27(2,3)4/h5-9,11,13,16,20H,10,12,14-15,17H2,1-4H3/t20?,28-/m0/s1. The lowest BCUT2D eigenvalue weighted by Crippen LogP contribution is -2.58. The van der Waals surface area contributed by atoms with Crippen molar-refractivity contribution in [2.75, 3.05) is 13.1 Å². The first kappa shape index (κ1) is 24.2. The molecule has 0 bridgehead atoms. The number of carbonyl (C=O) groups excluding carboxylic acids is 2. The molecule has 1 fully saturated rings. The summed E-state index contributed by atoms with van der Waals surface area (Å²) in [7, 11) is 0. The van der Waals surface area contributed by atoms with Gasteiger partial charge in [-0.15, -0.1) is 0 Å². The molecule has 188 valence electrons. The zero-order valence-corrected chi connectivity index (χ0v) is 21.1.